The maximum Gasteiger partial charge on any atom is 0.407 e. The molecular weight excluding hydrogens is 484 g/mol. The summed E-state index contributed by atoms with van der Waals surface area (Å²) in [6, 6.07) is 15.5. The first-order valence-corrected chi connectivity index (χ1v) is 12.4. The summed E-state index contributed by atoms with van der Waals surface area (Å²) >= 11 is 0. The van der Waals surface area contributed by atoms with E-state index in [2.05, 4.69) is 27.2 Å². The van der Waals surface area contributed by atoms with Crippen LogP contribution in [-0.2, 0) is 29.0 Å². The SMILES string of the molecule is C=C(C)CNCCOC(=O)NCc1ccc(Cn2c(CCC(=O)O)nc3c(N)nc4ccccc4c32)cc1. The number of hydrogen-bond acceptors (Lipinski definition) is 7. The van der Waals surface area contributed by atoms with Crippen molar-refractivity contribution in [3.05, 3.63) is 77.6 Å². The van der Waals surface area contributed by atoms with Gasteiger partial charge in [-0.05, 0) is 24.1 Å². The van der Waals surface area contributed by atoms with Crippen LogP contribution in [0, 0.1) is 0 Å². The van der Waals surface area contributed by atoms with Gasteiger partial charge in [-0.3, -0.25) is 4.79 Å². The molecule has 2 heterocycles. The normalized spacial score (nSPS) is 11.1. The number of anilines is 1. The highest BCUT2D eigenvalue weighted by Gasteiger charge is 2.18. The predicted octanol–water partition coefficient (Wildman–Crippen LogP) is 3.62. The number of ether oxygens (including phenoxy) is 1. The fourth-order valence-electron chi connectivity index (χ4n) is 4.17. The molecular formula is C28H32N6O4. The molecule has 2 aromatic carbocycles. The number of aromatic nitrogens is 3. The maximum atomic E-state index is 12.0. The summed E-state index contributed by atoms with van der Waals surface area (Å²) in [4.78, 5) is 32.4. The second-order valence-corrected chi connectivity index (χ2v) is 9.16. The number of nitrogens with zero attached hydrogens (tertiary/aromatic N) is 3. The van der Waals surface area contributed by atoms with Gasteiger partial charge in [-0.15, -0.1) is 0 Å². The van der Waals surface area contributed by atoms with Crippen LogP contribution < -0.4 is 16.4 Å². The van der Waals surface area contributed by atoms with Crippen LogP contribution in [0.15, 0.2) is 60.7 Å². The number of nitrogens with one attached hydrogen (secondary N) is 2. The van der Waals surface area contributed by atoms with Gasteiger partial charge in [-0.25, -0.2) is 14.8 Å². The number of carboxylic acids is 1. The van der Waals surface area contributed by atoms with Crippen LogP contribution in [-0.4, -0.2) is 51.4 Å². The Kier molecular flexibility index (Phi) is 8.55. The highest BCUT2D eigenvalue weighted by atomic mass is 16.5. The van der Waals surface area contributed by atoms with Crippen LogP contribution >= 0.6 is 0 Å². The van der Waals surface area contributed by atoms with E-state index < -0.39 is 12.1 Å². The number of alkyl carbamates (subject to hydrolysis) is 1. The van der Waals surface area contributed by atoms with Crippen molar-refractivity contribution in [1.82, 2.24) is 25.2 Å². The first kappa shape index (κ1) is 26.6. The van der Waals surface area contributed by atoms with E-state index in [1.165, 1.54) is 0 Å². The zero-order valence-corrected chi connectivity index (χ0v) is 21.4. The van der Waals surface area contributed by atoms with E-state index in [1.54, 1.807) is 0 Å². The molecule has 198 valence electrons. The lowest BCUT2D eigenvalue weighted by Crippen LogP contribution is -2.28. The minimum atomic E-state index is -0.891. The molecule has 38 heavy (non-hydrogen) atoms. The van der Waals surface area contributed by atoms with Crippen molar-refractivity contribution >= 4 is 39.8 Å². The number of nitrogens with two attached hydrogens (primary N) is 1. The third-order valence-electron chi connectivity index (χ3n) is 5.99. The van der Waals surface area contributed by atoms with Gasteiger partial charge in [-0.2, -0.15) is 0 Å². The second-order valence-electron chi connectivity index (χ2n) is 9.16. The number of rotatable bonds is 12. The minimum absolute atomic E-state index is 0.0424. The molecule has 0 saturated heterocycles. The molecule has 0 atom stereocenters. The molecule has 0 aliphatic carbocycles. The summed E-state index contributed by atoms with van der Waals surface area (Å²) in [6.07, 6.45) is -0.249. The summed E-state index contributed by atoms with van der Waals surface area (Å²) < 4.78 is 7.19. The lowest BCUT2D eigenvalue weighted by Gasteiger charge is -2.12. The average molecular weight is 517 g/mol. The Morgan fingerprint density at radius 1 is 1.11 bits per heavy atom. The molecule has 10 heteroatoms. The first-order chi connectivity index (χ1) is 18.3. The van der Waals surface area contributed by atoms with Crippen LogP contribution in [0.3, 0.4) is 0 Å². The van der Waals surface area contributed by atoms with E-state index in [0.29, 0.717) is 43.3 Å². The molecule has 0 fully saturated rings. The van der Waals surface area contributed by atoms with E-state index in [1.807, 2.05) is 60.0 Å². The molecule has 0 radical (unpaired) electrons. The van der Waals surface area contributed by atoms with E-state index in [0.717, 1.165) is 33.1 Å². The molecule has 0 aliphatic rings. The lowest BCUT2D eigenvalue weighted by atomic mass is 10.1. The Labute approximate surface area is 220 Å². The standard InChI is InChI=1S/C28H32N6O4/c1-18(2)15-30-13-14-38-28(37)31-16-19-7-9-20(10-8-19)17-34-23(11-12-24(35)36)33-25-26(34)21-5-3-4-6-22(21)32-27(25)29/h3-10,30H,1,11-17H2,2H3,(H2,29,32)(H,31,37)(H,35,36). The Bertz CT molecular complexity index is 1460. The Balaban J connectivity index is 1.47. The third-order valence-corrected chi connectivity index (χ3v) is 5.99. The molecule has 0 bridgehead atoms. The van der Waals surface area contributed by atoms with Crippen LogP contribution in [0.4, 0.5) is 10.6 Å². The number of nitrogen functional groups attached to an aromatic ring is 1. The van der Waals surface area contributed by atoms with Gasteiger partial charge in [-0.1, -0.05) is 54.6 Å². The number of amides is 1. The van der Waals surface area contributed by atoms with E-state index in [4.69, 9.17) is 10.5 Å². The number of pyridine rings is 1. The number of benzene rings is 2. The summed E-state index contributed by atoms with van der Waals surface area (Å²) in [5.74, 6) is 0.0606. The molecule has 0 aliphatic heterocycles. The third kappa shape index (κ3) is 6.65. The van der Waals surface area contributed by atoms with Crippen molar-refractivity contribution in [2.45, 2.75) is 32.9 Å². The number of aryl methyl sites for hydroxylation is 1. The van der Waals surface area contributed by atoms with Gasteiger partial charge in [0.15, 0.2) is 5.82 Å². The molecule has 4 rings (SSSR count). The Morgan fingerprint density at radius 2 is 1.84 bits per heavy atom. The van der Waals surface area contributed by atoms with Crippen LogP contribution in [0.5, 0.6) is 0 Å². The number of carbonyl (C=O) groups is 2. The number of fused-ring (bicyclic) bond motifs is 3. The van der Waals surface area contributed by atoms with Gasteiger partial charge in [0.05, 0.1) is 17.5 Å². The molecule has 2 aromatic heterocycles. The maximum absolute atomic E-state index is 12.0. The van der Waals surface area contributed by atoms with Crippen LogP contribution in [0.25, 0.3) is 21.9 Å². The Hall–Kier alpha value is -4.44. The summed E-state index contributed by atoms with van der Waals surface area (Å²) in [5.41, 5.74) is 11.3. The molecule has 0 spiro atoms. The fraction of sp³-hybridized carbons (Fsp3) is 0.286. The topological polar surface area (TPSA) is 144 Å². The number of imidazole rings is 1. The van der Waals surface area contributed by atoms with Gasteiger partial charge >= 0.3 is 12.1 Å². The van der Waals surface area contributed by atoms with Crippen molar-refractivity contribution in [2.24, 2.45) is 0 Å². The van der Waals surface area contributed by atoms with Gasteiger partial charge in [0.1, 0.15) is 17.9 Å². The minimum Gasteiger partial charge on any atom is -0.481 e. The largest absolute Gasteiger partial charge is 0.481 e. The molecule has 0 saturated carbocycles. The molecule has 10 nitrogen and oxygen atoms in total. The molecule has 0 unspecified atom stereocenters. The van der Waals surface area contributed by atoms with Crippen molar-refractivity contribution in [3.8, 4) is 0 Å². The van der Waals surface area contributed by atoms with Crippen molar-refractivity contribution < 1.29 is 19.4 Å². The van der Waals surface area contributed by atoms with Gasteiger partial charge in [0.25, 0.3) is 0 Å². The van der Waals surface area contributed by atoms with E-state index in [-0.39, 0.29) is 19.4 Å². The average Bonchev–Trinajstić information content (AvgIpc) is 3.25. The molecule has 1 amide bonds. The summed E-state index contributed by atoms with van der Waals surface area (Å²) in [7, 11) is 0. The smallest absolute Gasteiger partial charge is 0.407 e. The first-order valence-electron chi connectivity index (χ1n) is 12.4. The van der Waals surface area contributed by atoms with Crippen LogP contribution in [0.2, 0.25) is 0 Å². The monoisotopic (exact) mass is 516 g/mol. The number of carboxylic acid groups (broad SMARTS) is 1. The van der Waals surface area contributed by atoms with Crippen molar-refractivity contribution in [1.29, 1.82) is 0 Å². The van der Waals surface area contributed by atoms with Gasteiger partial charge < -0.3 is 30.8 Å². The van der Waals surface area contributed by atoms with Crippen molar-refractivity contribution in [2.75, 3.05) is 25.4 Å². The van der Waals surface area contributed by atoms with Gasteiger partial charge in [0, 0.05) is 38.0 Å². The molecule has 4 aromatic rings. The number of carbonyl (C=O) groups excluding carboxylic acids is 1. The lowest BCUT2D eigenvalue weighted by molar-refractivity contribution is -0.137. The van der Waals surface area contributed by atoms with E-state index >= 15 is 0 Å². The molecule has 5 N–H and O–H groups in total. The summed E-state index contributed by atoms with van der Waals surface area (Å²) in [6.45, 7) is 8.07. The van der Waals surface area contributed by atoms with Crippen molar-refractivity contribution in [3.63, 3.8) is 0 Å². The Morgan fingerprint density at radius 3 is 2.58 bits per heavy atom. The number of para-hydroxylation sites is 1. The fourth-order valence-corrected chi connectivity index (χ4v) is 4.17. The highest BCUT2D eigenvalue weighted by molar-refractivity contribution is 6.06. The van der Waals surface area contributed by atoms with Crippen LogP contribution in [0.1, 0.15) is 30.3 Å². The predicted molar refractivity (Wildman–Crippen MR) is 147 cm³/mol. The zero-order chi connectivity index (χ0) is 27.1. The quantitative estimate of drug-likeness (QED) is 0.165. The summed E-state index contributed by atoms with van der Waals surface area (Å²) in [5, 5.41) is 16.0. The van der Waals surface area contributed by atoms with Gasteiger partial charge in [0.2, 0.25) is 0 Å². The highest BCUT2D eigenvalue weighted by Crippen LogP contribution is 2.30. The van der Waals surface area contributed by atoms with E-state index in [9.17, 15) is 14.7 Å². The second kappa shape index (κ2) is 12.2. The number of hydrogen-bond donors (Lipinski definition) is 4. The number of aliphatic carboxylic acids is 1. The zero-order valence-electron chi connectivity index (χ0n) is 21.4.